The molecule has 0 unspecified atom stereocenters. The normalized spacial score (nSPS) is 11.5. The van der Waals surface area contributed by atoms with Gasteiger partial charge in [0, 0.05) is 34.1 Å². The van der Waals surface area contributed by atoms with E-state index < -0.39 is 5.91 Å². The number of aromatic nitrogens is 3. The number of rotatable bonds is 5. The molecule has 0 saturated heterocycles. The molecule has 0 atom stereocenters. The van der Waals surface area contributed by atoms with Crippen LogP contribution in [-0.4, -0.2) is 26.5 Å². The molecule has 0 bridgehead atoms. The Hall–Kier alpha value is -2.57. The van der Waals surface area contributed by atoms with Crippen molar-refractivity contribution < 1.29 is 4.79 Å². The van der Waals surface area contributed by atoms with Crippen LogP contribution in [0.4, 0.5) is 0 Å². The van der Waals surface area contributed by atoms with E-state index in [4.69, 9.17) is 23.2 Å². The molecule has 3 rings (SSSR count). The number of halogens is 2. The average Bonchev–Trinajstić information content (AvgIpc) is 3.21. The van der Waals surface area contributed by atoms with Gasteiger partial charge in [-0.25, -0.2) is 10.1 Å². The maximum absolute atomic E-state index is 12.3. The summed E-state index contributed by atoms with van der Waals surface area (Å²) in [4.78, 5) is 12.3. The zero-order chi connectivity index (χ0) is 20.4. The van der Waals surface area contributed by atoms with Gasteiger partial charge in [0.15, 0.2) is 0 Å². The lowest BCUT2D eigenvalue weighted by atomic mass is 10.2. The third-order valence-corrected chi connectivity index (χ3v) is 4.95. The summed E-state index contributed by atoms with van der Waals surface area (Å²) in [5.74, 6) is 0.565. The Balaban J connectivity index is 1.83. The average molecular weight is 418 g/mol. The minimum Gasteiger partial charge on any atom is -0.303 e. The third-order valence-electron chi connectivity index (χ3n) is 4.38. The summed E-state index contributed by atoms with van der Waals surface area (Å²) in [7, 11) is 0. The largest absolute Gasteiger partial charge is 0.303 e. The smallest absolute Gasteiger partial charge is 0.272 e. The van der Waals surface area contributed by atoms with Crippen molar-refractivity contribution in [1.29, 1.82) is 0 Å². The van der Waals surface area contributed by atoms with E-state index in [2.05, 4.69) is 34.0 Å². The molecule has 2 aromatic heterocycles. The zero-order valence-electron chi connectivity index (χ0n) is 16.1. The van der Waals surface area contributed by atoms with Crippen molar-refractivity contribution in [2.24, 2.45) is 5.10 Å². The van der Waals surface area contributed by atoms with Gasteiger partial charge in [0.2, 0.25) is 0 Å². The van der Waals surface area contributed by atoms with Crippen molar-refractivity contribution in [2.75, 3.05) is 0 Å². The van der Waals surface area contributed by atoms with Gasteiger partial charge in [-0.3, -0.25) is 4.79 Å². The highest BCUT2D eigenvalue weighted by Gasteiger charge is 2.15. The molecule has 2 heterocycles. The van der Waals surface area contributed by atoms with E-state index in [9.17, 15) is 4.79 Å². The highest BCUT2D eigenvalue weighted by molar-refractivity contribution is 6.35. The van der Waals surface area contributed by atoms with Crippen LogP contribution < -0.4 is 5.43 Å². The van der Waals surface area contributed by atoms with Crippen LogP contribution >= 0.6 is 23.2 Å². The molecule has 146 valence electrons. The SMILES string of the molecule is Cc1cc(/C=N\NC(=O)c2cc(Cl)ccc2Cl)c(C)n1-c1ccnn1C(C)C. The minimum absolute atomic E-state index is 0.241. The standard InChI is InChI=1S/C20H21Cl2N5O/c1-12(2)27-19(7-8-24-27)26-13(3)9-15(14(26)4)11-23-25-20(28)17-10-16(21)5-6-18(17)22/h5-12H,1-4H3,(H,25,28)/b23-11-. The molecule has 0 saturated carbocycles. The molecular formula is C20H21Cl2N5O. The van der Waals surface area contributed by atoms with Crippen LogP contribution in [0, 0.1) is 13.8 Å². The first-order chi connectivity index (χ1) is 13.3. The molecule has 1 N–H and O–H groups in total. The fourth-order valence-electron chi connectivity index (χ4n) is 3.05. The molecule has 6 nitrogen and oxygen atoms in total. The predicted molar refractivity (Wildman–Crippen MR) is 113 cm³/mol. The second kappa shape index (κ2) is 8.20. The van der Waals surface area contributed by atoms with Gasteiger partial charge >= 0.3 is 0 Å². The van der Waals surface area contributed by atoms with Crippen molar-refractivity contribution in [3.05, 3.63) is 69.1 Å². The quantitative estimate of drug-likeness (QED) is 0.471. The number of nitrogens with zero attached hydrogens (tertiary/aromatic N) is 4. The molecule has 0 aliphatic carbocycles. The molecule has 0 fully saturated rings. The maximum Gasteiger partial charge on any atom is 0.272 e. The molecule has 0 radical (unpaired) electrons. The molecular weight excluding hydrogens is 397 g/mol. The first-order valence-electron chi connectivity index (χ1n) is 8.81. The summed E-state index contributed by atoms with van der Waals surface area (Å²) < 4.78 is 4.08. The number of benzene rings is 1. The molecule has 1 amide bonds. The van der Waals surface area contributed by atoms with E-state index >= 15 is 0 Å². The number of hydrogen-bond donors (Lipinski definition) is 1. The highest BCUT2D eigenvalue weighted by atomic mass is 35.5. The van der Waals surface area contributed by atoms with Gasteiger partial charge in [0.05, 0.1) is 23.0 Å². The van der Waals surface area contributed by atoms with Crippen molar-refractivity contribution in [3.63, 3.8) is 0 Å². The Bertz CT molecular complexity index is 1050. The first-order valence-corrected chi connectivity index (χ1v) is 9.56. The Labute approximate surface area is 173 Å². The summed E-state index contributed by atoms with van der Waals surface area (Å²) >= 11 is 12.0. The molecule has 0 aliphatic rings. The lowest BCUT2D eigenvalue weighted by molar-refractivity contribution is 0.0955. The van der Waals surface area contributed by atoms with E-state index in [0.717, 1.165) is 22.8 Å². The van der Waals surface area contributed by atoms with E-state index in [-0.39, 0.29) is 11.6 Å². The number of aryl methyl sites for hydroxylation is 1. The van der Waals surface area contributed by atoms with Gasteiger partial charge in [-0.05, 0) is 52.0 Å². The first kappa shape index (κ1) is 20.2. The summed E-state index contributed by atoms with van der Waals surface area (Å²) in [5.41, 5.74) is 5.71. The number of nitrogens with one attached hydrogen (secondary N) is 1. The molecule has 3 aromatic rings. The van der Waals surface area contributed by atoms with Gasteiger partial charge < -0.3 is 4.57 Å². The number of carbonyl (C=O) groups is 1. The molecule has 1 aromatic carbocycles. The monoisotopic (exact) mass is 417 g/mol. The van der Waals surface area contributed by atoms with Crippen molar-refractivity contribution in [1.82, 2.24) is 19.8 Å². The van der Waals surface area contributed by atoms with Crippen LogP contribution in [0.3, 0.4) is 0 Å². The van der Waals surface area contributed by atoms with Gasteiger partial charge in [0.1, 0.15) is 5.82 Å². The van der Waals surface area contributed by atoms with Crippen molar-refractivity contribution in [2.45, 2.75) is 33.7 Å². The lowest BCUT2D eigenvalue weighted by Crippen LogP contribution is -2.18. The molecule has 28 heavy (non-hydrogen) atoms. The fraction of sp³-hybridized carbons (Fsp3) is 0.250. The second-order valence-corrected chi connectivity index (χ2v) is 7.56. The predicted octanol–water partition coefficient (Wildman–Crippen LogP) is 4.94. The Kier molecular flexibility index (Phi) is 5.91. The Morgan fingerprint density at radius 3 is 2.68 bits per heavy atom. The van der Waals surface area contributed by atoms with Crippen LogP contribution in [-0.2, 0) is 0 Å². The summed E-state index contributed by atoms with van der Waals surface area (Å²) in [6.07, 6.45) is 3.40. The topological polar surface area (TPSA) is 64.2 Å². The fourth-order valence-corrected chi connectivity index (χ4v) is 3.42. The number of amides is 1. The summed E-state index contributed by atoms with van der Waals surface area (Å²) in [6.45, 7) is 8.20. The van der Waals surface area contributed by atoms with Gasteiger partial charge in [0.25, 0.3) is 5.91 Å². The highest BCUT2D eigenvalue weighted by Crippen LogP contribution is 2.22. The maximum atomic E-state index is 12.3. The Morgan fingerprint density at radius 1 is 1.21 bits per heavy atom. The Morgan fingerprint density at radius 2 is 1.96 bits per heavy atom. The zero-order valence-corrected chi connectivity index (χ0v) is 17.6. The van der Waals surface area contributed by atoms with Gasteiger partial charge in [-0.15, -0.1) is 0 Å². The molecule has 0 spiro atoms. The van der Waals surface area contributed by atoms with Gasteiger partial charge in [-0.2, -0.15) is 10.2 Å². The molecule has 0 aliphatic heterocycles. The number of hydrazone groups is 1. The lowest BCUT2D eigenvalue weighted by Gasteiger charge is -2.14. The van der Waals surface area contributed by atoms with E-state index in [1.54, 1.807) is 24.5 Å². The van der Waals surface area contributed by atoms with E-state index in [1.807, 2.05) is 30.7 Å². The second-order valence-electron chi connectivity index (χ2n) is 6.71. The van der Waals surface area contributed by atoms with Crippen molar-refractivity contribution >= 4 is 35.3 Å². The number of hydrogen-bond acceptors (Lipinski definition) is 3. The summed E-state index contributed by atoms with van der Waals surface area (Å²) in [6, 6.07) is 8.94. The third kappa shape index (κ3) is 3.98. The minimum atomic E-state index is -0.421. The molecule has 8 heteroatoms. The van der Waals surface area contributed by atoms with Crippen LogP contribution in [0.5, 0.6) is 0 Å². The van der Waals surface area contributed by atoms with Gasteiger partial charge in [-0.1, -0.05) is 23.2 Å². The van der Waals surface area contributed by atoms with Crippen molar-refractivity contribution in [3.8, 4) is 5.82 Å². The van der Waals surface area contributed by atoms with Crippen LogP contribution in [0.1, 0.15) is 47.2 Å². The number of carbonyl (C=O) groups excluding carboxylic acids is 1. The van der Waals surface area contributed by atoms with Crippen LogP contribution in [0.15, 0.2) is 41.6 Å². The van der Waals surface area contributed by atoms with E-state index in [1.165, 1.54) is 6.07 Å². The summed E-state index contributed by atoms with van der Waals surface area (Å²) in [5, 5.41) is 9.23. The van der Waals surface area contributed by atoms with Crippen LogP contribution in [0.25, 0.3) is 5.82 Å². The van der Waals surface area contributed by atoms with E-state index in [0.29, 0.717) is 10.0 Å². The van der Waals surface area contributed by atoms with Crippen LogP contribution in [0.2, 0.25) is 10.0 Å².